The molecule has 1 heterocycles. The Kier molecular flexibility index (Phi) is 5.42. The van der Waals surface area contributed by atoms with Gasteiger partial charge in [0.25, 0.3) is 10.0 Å². The minimum atomic E-state index is -3.83. The largest absolute Gasteiger partial charge is 0.471 e. The summed E-state index contributed by atoms with van der Waals surface area (Å²) in [5.41, 5.74) is 4.55. The molecule has 0 aliphatic carbocycles. The Balaban J connectivity index is 1.74. The Morgan fingerprint density at radius 2 is 1.43 bits per heavy atom. The average Bonchev–Trinajstić information content (AvgIpc) is 3.19. The molecule has 4 rings (SSSR count). The first-order chi connectivity index (χ1) is 14.4. The molecule has 0 amide bonds. The van der Waals surface area contributed by atoms with Crippen molar-refractivity contribution in [3.63, 3.8) is 0 Å². The molecule has 152 valence electrons. The topological polar surface area (TPSA) is 61.2 Å². The van der Waals surface area contributed by atoms with Crippen molar-refractivity contribution < 1.29 is 13.2 Å². The average molecular weight is 419 g/mol. The monoisotopic (exact) mass is 418 g/mol. The van der Waals surface area contributed by atoms with Gasteiger partial charge in [-0.25, -0.2) is 0 Å². The molecule has 0 saturated heterocycles. The van der Waals surface area contributed by atoms with E-state index < -0.39 is 10.0 Å². The number of hydrogen-bond acceptors (Lipinski definition) is 4. The van der Waals surface area contributed by atoms with Gasteiger partial charge in [0.15, 0.2) is 0 Å². The van der Waals surface area contributed by atoms with Crippen LogP contribution in [0.4, 0.5) is 0 Å². The van der Waals surface area contributed by atoms with E-state index in [2.05, 4.69) is 5.10 Å². The van der Waals surface area contributed by atoms with Crippen molar-refractivity contribution in [1.29, 1.82) is 0 Å². The molecule has 0 saturated carbocycles. The predicted octanol–water partition coefficient (Wildman–Crippen LogP) is 4.98. The number of hydrogen-bond donors (Lipinski definition) is 0. The third-order valence-corrected chi connectivity index (χ3v) is 6.35. The molecular formula is C24H22N2O3S. The van der Waals surface area contributed by atoms with Gasteiger partial charge in [-0.3, -0.25) is 0 Å². The van der Waals surface area contributed by atoms with Crippen LogP contribution in [0.2, 0.25) is 0 Å². The van der Waals surface area contributed by atoms with Crippen LogP contribution in [0.25, 0.3) is 11.1 Å². The maximum atomic E-state index is 13.1. The predicted molar refractivity (Wildman–Crippen MR) is 117 cm³/mol. The second-order valence-corrected chi connectivity index (χ2v) is 8.97. The lowest BCUT2D eigenvalue weighted by atomic mass is 10.1. The number of aromatic nitrogens is 2. The van der Waals surface area contributed by atoms with Crippen LogP contribution in [0, 0.1) is 13.8 Å². The standard InChI is InChI=1S/C24H22N2O3S/c1-18-8-12-21(13-9-18)23-16-26(30(27,28)22-14-10-19(2)11-15-22)25-24(23)29-17-20-6-4-3-5-7-20/h3-16H,17H2,1-2H3. The zero-order valence-corrected chi connectivity index (χ0v) is 17.6. The second-order valence-electron chi connectivity index (χ2n) is 7.18. The highest BCUT2D eigenvalue weighted by Crippen LogP contribution is 2.31. The van der Waals surface area contributed by atoms with Crippen LogP contribution in [0.15, 0.2) is 90.0 Å². The summed E-state index contributed by atoms with van der Waals surface area (Å²) in [5, 5.41) is 4.30. The van der Waals surface area contributed by atoms with Crippen LogP contribution in [-0.2, 0) is 16.6 Å². The second kappa shape index (κ2) is 8.16. The minimum Gasteiger partial charge on any atom is -0.471 e. The van der Waals surface area contributed by atoms with E-state index >= 15 is 0 Å². The molecule has 0 aliphatic rings. The molecule has 0 bridgehead atoms. The molecule has 0 aliphatic heterocycles. The van der Waals surface area contributed by atoms with E-state index in [0.29, 0.717) is 12.2 Å². The highest BCUT2D eigenvalue weighted by molar-refractivity contribution is 7.89. The molecule has 6 heteroatoms. The summed E-state index contributed by atoms with van der Waals surface area (Å²) in [6.07, 6.45) is 1.51. The Morgan fingerprint density at radius 1 is 0.833 bits per heavy atom. The molecule has 0 atom stereocenters. The number of benzene rings is 3. The fourth-order valence-corrected chi connectivity index (χ4v) is 4.16. The van der Waals surface area contributed by atoms with E-state index in [-0.39, 0.29) is 10.8 Å². The van der Waals surface area contributed by atoms with E-state index in [1.54, 1.807) is 24.3 Å². The van der Waals surface area contributed by atoms with Crippen molar-refractivity contribution in [1.82, 2.24) is 9.19 Å². The maximum absolute atomic E-state index is 13.1. The summed E-state index contributed by atoms with van der Waals surface area (Å²) in [6.45, 7) is 4.21. The lowest BCUT2D eigenvalue weighted by Crippen LogP contribution is -2.13. The molecule has 0 unspecified atom stereocenters. The Labute approximate surface area is 176 Å². The zero-order chi connectivity index (χ0) is 21.1. The van der Waals surface area contributed by atoms with Gasteiger partial charge in [-0.1, -0.05) is 77.9 Å². The molecule has 5 nitrogen and oxygen atoms in total. The molecular weight excluding hydrogens is 396 g/mol. The molecule has 0 N–H and O–H groups in total. The number of rotatable bonds is 6. The van der Waals surface area contributed by atoms with Crippen LogP contribution in [-0.4, -0.2) is 17.6 Å². The van der Waals surface area contributed by atoms with Crippen molar-refractivity contribution in [2.45, 2.75) is 25.3 Å². The lowest BCUT2D eigenvalue weighted by molar-refractivity contribution is 0.293. The maximum Gasteiger partial charge on any atom is 0.283 e. The van der Waals surface area contributed by atoms with Crippen molar-refractivity contribution in [2.24, 2.45) is 0 Å². The molecule has 3 aromatic carbocycles. The fraction of sp³-hybridized carbons (Fsp3) is 0.125. The van der Waals surface area contributed by atoms with E-state index in [1.807, 2.05) is 68.4 Å². The highest BCUT2D eigenvalue weighted by atomic mass is 32.2. The lowest BCUT2D eigenvalue weighted by Gasteiger charge is -2.06. The molecule has 0 fully saturated rings. The van der Waals surface area contributed by atoms with Gasteiger partial charge < -0.3 is 4.74 Å². The van der Waals surface area contributed by atoms with Crippen LogP contribution in [0.1, 0.15) is 16.7 Å². The number of ether oxygens (including phenoxy) is 1. The van der Waals surface area contributed by atoms with Crippen LogP contribution < -0.4 is 4.74 Å². The summed E-state index contributed by atoms with van der Waals surface area (Å²) in [7, 11) is -3.83. The highest BCUT2D eigenvalue weighted by Gasteiger charge is 2.22. The van der Waals surface area contributed by atoms with Crippen LogP contribution >= 0.6 is 0 Å². The van der Waals surface area contributed by atoms with Gasteiger partial charge in [-0.2, -0.15) is 12.5 Å². The summed E-state index contributed by atoms with van der Waals surface area (Å²) in [4.78, 5) is 0.181. The van der Waals surface area contributed by atoms with Crippen molar-refractivity contribution in [3.05, 3.63) is 102 Å². The molecule has 1 aromatic heterocycles. The molecule has 4 aromatic rings. The summed E-state index contributed by atoms with van der Waals surface area (Å²) in [6, 6.07) is 24.2. The minimum absolute atomic E-state index is 0.181. The van der Waals surface area contributed by atoms with Gasteiger partial charge >= 0.3 is 0 Å². The van der Waals surface area contributed by atoms with E-state index in [9.17, 15) is 8.42 Å². The first-order valence-corrected chi connectivity index (χ1v) is 11.0. The van der Waals surface area contributed by atoms with Gasteiger partial charge in [-0.15, -0.1) is 5.10 Å². The van der Waals surface area contributed by atoms with E-state index in [0.717, 1.165) is 26.3 Å². The number of nitrogens with zero attached hydrogens (tertiary/aromatic N) is 2. The summed E-state index contributed by atoms with van der Waals surface area (Å²) >= 11 is 0. The third-order valence-electron chi connectivity index (χ3n) is 4.81. The smallest absolute Gasteiger partial charge is 0.283 e. The van der Waals surface area contributed by atoms with Gasteiger partial charge in [0.1, 0.15) is 6.61 Å². The number of aryl methyl sites for hydroxylation is 2. The van der Waals surface area contributed by atoms with Gasteiger partial charge in [0.05, 0.1) is 16.7 Å². The molecule has 0 radical (unpaired) electrons. The van der Waals surface area contributed by atoms with Gasteiger partial charge in [-0.05, 0) is 37.1 Å². The SMILES string of the molecule is Cc1ccc(-c2cn(S(=O)(=O)c3ccc(C)cc3)nc2OCc2ccccc2)cc1. The summed E-state index contributed by atoms with van der Waals surface area (Å²) < 4.78 is 33.2. The van der Waals surface area contributed by atoms with E-state index in [4.69, 9.17) is 4.74 Å². The first-order valence-electron chi connectivity index (χ1n) is 9.59. The van der Waals surface area contributed by atoms with Crippen molar-refractivity contribution in [3.8, 4) is 17.0 Å². The zero-order valence-electron chi connectivity index (χ0n) is 16.8. The normalized spacial score (nSPS) is 11.4. The molecule has 0 spiro atoms. The van der Waals surface area contributed by atoms with Gasteiger partial charge in [0, 0.05) is 0 Å². The van der Waals surface area contributed by atoms with Gasteiger partial charge in [0.2, 0.25) is 5.88 Å². The third kappa shape index (κ3) is 4.14. The quantitative estimate of drug-likeness (QED) is 0.443. The van der Waals surface area contributed by atoms with E-state index in [1.165, 1.54) is 6.20 Å². The Hall–Kier alpha value is -3.38. The first kappa shape index (κ1) is 19.9. The van der Waals surface area contributed by atoms with Crippen LogP contribution in [0.5, 0.6) is 5.88 Å². The van der Waals surface area contributed by atoms with Crippen LogP contribution in [0.3, 0.4) is 0 Å². The summed E-state index contributed by atoms with van der Waals surface area (Å²) in [5.74, 6) is 0.276. The Bertz CT molecular complexity index is 1240. The molecule has 30 heavy (non-hydrogen) atoms. The van der Waals surface area contributed by atoms with Crippen molar-refractivity contribution in [2.75, 3.05) is 0 Å². The van der Waals surface area contributed by atoms with Crippen molar-refractivity contribution >= 4 is 10.0 Å². The Morgan fingerprint density at radius 3 is 2.07 bits per heavy atom. The fourth-order valence-electron chi connectivity index (χ4n) is 3.04.